The Balaban J connectivity index is 1.22. The van der Waals surface area contributed by atoms with Crippen molar-refractivity contribution in [2.24, 2.45) is 0 Å². The van der Waals surface area contributed by atoms with Crippen molar-refractivity contribution in [2.45, 2.75) is 32.4 Å². The fourth-order valence-electron chi connectivity index (χ4n) is 8.74. The Kier molecular flexibility index (Phi) is 5.79. The second kappa shape index (κ2) is 9.97. The number of para-hydroxylation sites is 1. The number of benzene rings is 6. The maximum absolute atomic E-state index is 5.33. The van der Waals surface area contributed by atoms with Crippen LogP contribution in [0, 0.1) is 0 Å². The average molecular weight is 646 g/mol. The maximum atomic E-state index is 5.33. The average Bonchev–Trinajstić information content (AvgIpc) is 3.67. The molecule has 8 aromatic rings. The summed E-state index contributed by atoms with van der Waals surface area (Å²) in [6.45, 7) is 9.68. The van der Waals surface area contributed by atoms with E-state index in [0.29, 0.717) is 0 Å². The van der Waals surface area contributed by atoms with Gasteiger partial charge in [-0.25, -0.2) is 9.97 Å². The van der Waals surface area contributed by atoms with Crippen LogP contribution in [-0.2, 0) is 5.41 Å². The molecular weight excluding hydrogens is 611 g/mol. The van der Waals surface area contributed by atoms with Crippen molar-refractivity contribution in [3.63, 3.8) is 0 Å². The van der Waals surface area contributed by atoms with Crippen molar-refractivity contribution in [1.29, 1.82) is 0 Å². The highest BCUT2D eigenvalue weighted by molar-refractivity contribution is 7.04. The molecule has 234 valence electrons. The minimum atomic E-state index is -2.23. The molecule has 0 fully saturated rings. The van der Waals surface area contributed by atoms with Gasteiger partial charge in [-0.05, 0) is 68.5 Å². The van der Waals surface area contributed by atoms with Gasteiger partial charge in [0.2, 0.25) is 0 Å². The van der Waals surface area contributed by atoms with Crippen molar-refractivity contribution in [3.8, 4) is 50.7 Å². The lowest BCUT2D eigenvalue weighted by molar-refractivity contribution is 0.661. The number of aromatic nitrogens is 3. The number of nitrogens with zero attached hydrogens (tertiary/aromatic N) is 3. The molecule has 49 heavy (non-hydrogen) atoms. The Bertz CT molecular complexity index is 2650. The van der Waals surface area contributed by atoms with Crippen LogP contribution in [0.3, 0.4) is 0 Å². The topological polar surface area (TPSA) is 30.7 Å². The predicted octanol–water partition coefficient (Wildman–Crippen LogP) is 10.0. The molecule has 1 aliphatic heterocycles. The van der Waals surface area contributed by atoms with E-state index >= 15 is 0 Å². The first kappa shape index (κ1) is 28.4. The molecule has 2 aromatic heterocycles. The van der Waals surface area contributed by atoms with Crippen molar-refractivity contribution in [3.05, 3.63) is 151 Å². The first-order chi connectivity index (χ1) is 23.8. The van der Waals surface area contributed by atoms with Gasteiger partial charge in [-0.2, -0.15) is 0 Å². The lowest BCUT2D eigenvalue weighted by Gasteiger charge is -2.23. The molecule has 0 amide bonds. The largest absolute Gasteiger partial charge is 0.309 e. The highest BCUT2D eigenvalue weighted by Crippen LogP contribution is 2.51. The minimum absolute atomic E-state index is 0.0706. The van der Waals surface area contributed by atoms with Crippen LogP contribution in [0.1, 0.15) is 25.0 Å². The summed E-state index contributed by atoms with van der Waals surface area (Å²) in [6, 6.07) is 50.9. The van der Waals surface area contributed by atoms with Gasteiger partial charge in [0.25, 0.3) is 0 Å². The molecule has 0 saturated carbocycles. The first-order valence-corrected chi connectivity index (χ1v) is 20.2. The van der Waals surface area contributed by atoms with E-state index in [2.05, 4.69) is 165 Å². The van der Waals surface area contributed by atoms with Crippen LogP contribution in [-0.4, -0.2) is 22.6 Å². The molecule has 2 aliphatic rings. The van der Waals surface area contributed by atoms with Crippen LogP contribution in [0.25, 0.3) is 72.5 Å². The second-order valence-electron chi connectivity index (χ2n) is 14.6. The van der Waals surface area contributed by atoms with Crippen molar-refractivity contribution >= 4 is 40.3 Å². The summed E-state index contributed by atoms with van der Waals surface area (Å²) < 4.78 is 2.50. The first-order valence-electron chi connectivity index (χ1n) is 17.2. The summed E-state index contributed by atoms with van der Waals surface area (Å²) in [5, 5.41) is 5.32. The molecule has 0 N–H and O–H groups in total. The summed E-state index contributed by atoms with van der Waals surface area (Å²) in [7, 11) is -2.23. The van der Waals surface area contributed by atoms with Crippen LogP contribution < -0.4 is 10.4 Å². The van der Waals surface area contributed by atoms with E-state index < -0.39 is 8.07 Å². The highest BCUT2D eigenvalue weighted by atomic mass is 28.3. The molecule has 0 bridgehead atoms. The molecule has 0 saturated heterocycles. The number of hydrogen-bond acceptors (Lipinski definition) is 2. The van der Waals surface area contributed by atoms with Crippen LogP contribution in [0.4, 0.5) is 0 Å². The van der Waals surface area contributed by atoms with Crippen LogP contribution in [0.2, 0.25) is 13.1 Å². The zero-order chi connectivity index (χ0) is 33.1. The molecule has 0 spiro atoms. The van der Waals surface area contributed by atoms with Crippen molar-refractivity contribution in [1.82, 2.24) is 14.5 Å². The summed E-state index contributed by atoms with van der Waals surface area (Å²) in [4.78, 5) is 10.6. The summed E-state index contributed by atoms with van der Waals surface area (Å²) in [6.07, 6.45) is 0. The van der Waals surface area contributed by atoms with Crippen LogP contribution >= 0.6 is 0 Å². The van der Waals surface area contributed by atoms with E-state index in [1.54, 1.807) is 0 Å². The molecule has 1 aliphatic carbocycles. The van der Waals surface area contributed by atoms with Gasteiger partial charge in [0.15, 0.2) is 5.82 Å². The Labute approximate surface area is 287 Å². The van der Waals surface area contributed by atoms with Gasteiger partial charge < -0.3 is 4.57 Å². The quantitative estimate of drug-likeness (QED) is 0.179. The minimum Gasteiger partial charge on any atom is -0.309 e. The lowest BCUT2D eigenvalue weighted by atomic mass is 9.82. The Morgan fingerprint density at radius 1 is 0.531 bits per heavy atom. The van der Waals surface area contributed by atoms with E-state index in [1.165, 1.54) is 65.7 Å². The van der Waals surface area contributed by atoms with E-state index in [1.807, 2.05) is 6.07 Å². The van der Waals surface area contributed by atoms with Gasteiger partial charge in [0.05, 0.1) is 22.4 Å². The van der Waals surface area contributed by atoms with E-state index in [0.717, 1.165) is 28.3 Å². The fourth-order valence-corrected chi connectivity index (χ4v) is 12.0. The van der Waals surface area contributed by atoms with Gasteiger partial charge in [0, 0.05) is 33.0 Å². The molecule has 0 radical (unpaired) electrons. The standard InChI is InChI=1S/C45H35N3Si/c1-45(2)36-21-13-11-19-31(36)34-26-35-32-20-12-14-22-38(32)48(39(35)27-37(34)45)30-23-24-33-40(25-30)49(3,4)43-41(28-15-7-5-8-16-28)46-44(47-42(33)43)29-17-9-6-10-18-29/h5-27H,1-4H3. The smallest absolute Gasteiger partial charge is 0.160 e. The Morgan fingerprint density at radius 3 is 2.00 bits per heavy atom. The van der Waals surface area contributed by atoms with Gasteiger partial charge in [0.1, 0.15) is 8.07 Å². The molecule has 10 rings (SSSR count). The molecular formula is C45H35N3Si. The van der Waals surface area contributed by atoms with E-state index in [9.17, 15) is 0 Å². The third kappa shape index (κ3) is 3.89. The molecule has 0 atom stereocenters. The summed E-state index contributed by atoms with van der Waals surface area (Å²) >= 11 is 0. The third-order valence-corrected chi connectivity index (χ3v) is 14.7. The second-order valence-corrected chi connectivity index (χ2v) is 18.9. The monoisotopic (exact) mass is 645 g/mol. The zero-order valence-corrected chi connectivity index (χ0v) is 29.1. The molecule has 3 heterocycles. The van der Waals surface area contributed by atoms with Gasteiger partial charge in [-0.15, -0.1) is 0 Å². The lowest BCUT2D eigenvalue weighted by Crippen LogP contribution is -2.50. The van der Waals surface area contributed by atoms with E-state index in [-0.39, 0.29) is 5.41 Å². The normalized spacial score (nSPS) is 14.9. The number of fused-ring (bicyclic) bond motifs is 9. The zero-order valence-electron chi connectivity index (χ0n) is 28.1. The van der Waals surface area contributed by atoms with Gasteiger partial charge in [-0.1, -0.05) is 136 Å². The van der Waals surface area contributed by atoms with E-state index in [4.69, 9.17) is 9.97 Å². The van der Waals surface area contributed by atoms with Gasteiger partial charge >= 0.3 is 0 Å². The number of rotatable bonds is 3. The van der Waals surface area contributed by atoms with Gasteiger partial charge in [-0.3, -0.25) is 0 Å². The summed E-state index contributed by atoms with van der Waals surface area (Å²) in [5.41, 5.74) is 14.7. The number of hydrogen-bond donors (Lipinski definition) is 0. The molecule has 4 heteroatoms. The maximum Gasteiger partial charge on any atom is 0.160 e. The molecule has 6 aromatic carbocycles. The third-order valence-electron chi connectivity index (χ3n) is 11.2. The fraction of sp³-hybridized carbons (Fsp3) is 0.111. The van der Waals surface area contributed by atoms with Crippen LogP contribution in [0.5, 0.6) is 0 Å². The van der Waals surface area contributed by atoms with Crippen molar-refractivity contribution in [2.75, 3.05) is 0 Å². The highest BCUT2D eigenvalue weighted by Gasteiger charge is 2.42. The van der Waals surface area contributed by atoms with Crippen LogP contribution in [0.15, 0.2) is 140 Å². The Morgan fingerprint density at radius 2 is 1.20 bits per heavy atom. The van der Waals surface area contributed by atoms with Crippen molar-refractivity contribution < 1.29 is 0 Å². The Hall–Kier alpha value is -5.58. The molecule has 3 nitrogen and oxygen atoms in total. The SMILES string of the molecule is CC1(C)c2ccccc2-c2cc3c4ccccc4n(-c4ccc5c(c4)[Si](C)(C)c4c(-c6ccccc6)nc(-c6ccccc6)nc4-5)c3cc21. The molecule has 0 unspecified atom stereocenters. The predicted molar refractivity (Wildman–Crippen MR) is 207 cm³/mol. The summed E-state index contributed by atoms with van der Waals surface area (Å²) in [5.74, 6) is 0.778.